The summed E-state index contributed by atoms with van der Waals surface area (Å²) in [7, 11) is -3.48. The van der Waals surface area contributed by atoms with E-state index in [1.54, 1.807) is 0 Å². The summed E-state index contributed by atoms with van der Waals surface area (Å²) < 4.78 is 27.2. The molecule has 25 heavy (non-hydrogen) atoms. The van der Waals surface area contributed by atoms with Crippen LogP contribution < -0.4 is 10.0 Å². The minimum absolute atomic E-state index is 0.0462. The minimum Gasteiger partial charge on any atom is -0.361 e. The van der Waals surface area contributed by atoms with E-state index < -0.39 is 16.1 Å². The van der Waals surface area contributed by atoms with Crippen molar-refractivity contribution >= 4 is 26.8 Å². The Hall–Kier alpha value is -1.86. The monoisotopic (exact) mass is 363 g/mol. The average molecular weight is 363 g/mol. The Morgan fingerprint density at radius 3 is 2.80 bits per heavy atom. The van der Waals surface area contributed by atoms with Crippen LogP contribution in [0.25, 0.3) is 10.9 Å². The van der Waals surface area contributed by atoms with Crippen LogP contribution in [0.2, 0.25) is 0 Å². The van der Waals surface area contributed by atoms with Gasteiger partial charge in [-0.15, -0.1) is 0 Å². The van der Waals surface area contributed by atoms with Gasteiger partial charge >= 0.3 is 0 Å². The van der Waals surface area contributed by atoms with Gasteiger partial charge in [-0.25, -0.2) is 13.1 Å². The minimum atomic E-state index is -3.48. The van der Waals surface area contributed by atoms with Crippen molar-refractivity contribution in [3.63, 3.8) is 0 Å². The van der Waals surface area contributed by atoms with Gasteiger partial charge < -0.3 is 10.3 Å². The molecule has 0 saturated heterocycles. The molecule has 3 N–H and O–H groups in total. The summed E-state index contributed by atoms with van der Waals surface area (Å²) in [6.07, 6.45) is 5.49. The molecule has 0 radical (unpaired) electrons. The lowest BCUT2D eigenvalue weighted by Crippen LogP contribution is -2.49. The molecule has 2 aromatic rings. The number of amides is 1. The van der Waals surface area contributed by atoms with Crippen molar-refractivity contribution in [2.24, 2.45) is 0 Å². The van der Waals surface area contributed by atoms with Gasteiger partial charge in [0.1, 0.15) is 6.04 Å². The molecule has 3 rings (SSSR count). The van der Waals surface area contributed by atoms with Gasteiger partial charge in [-0.05, 0) is 37.3 Å². The number of H-pyrrole nitrogens is 1. The predicted octanol–water partition coefficient (Wildman–Crippen LogP) is 2.08. The first kappa shape index (κ1) is 17.9. The molecule has 0 aliphatic heterocycles. The number of unbranched alkanes of at least 4 members (excludes halogenated alkanes) is 1. The van der Waals surface area contributed by atoms with E-state index in [0.29, 0.717) is 12.8 Å². The maximum atomic E-state index is 12.6. The first-order chi connectivity index (χ1) is 12.0. The lowest BCUT2D eigenvalue weighted by atomic mass is 10.1. The van der Waals surface area contributed by atoms with Gasteiger partial charge in [0.15, 0.2) is 0 Å². The number of fused-ring (bicyclic) bond motifs is 1. The summed E-state index contributed by atoms with van der Waals surface area (Å²) in [5.41, 5.74) is 1.91. The number of carbonyl (C=O) groups excluding carboxylic acids is 1. The van der Waals surface area contributed by atoms with Crippen molar-refractivity contribution in [3.05, 3.63) is 36.0 Å². The van der Waals surface area contributed by atoms with E-state index >= 15 is 0 Å². The van der Waals surface area contributed by atoms with E-state index in [1.165, 1.54) is 0 Å². The molecular weight excluding hydrogens is 338 g/mol. The summed E-state index contributed by atoms with van der Waals surface area (Å²) in [4.78, 5) is 15.7. The van der Waals surface area contributed by atoms with Crippen molar-refractivity contribution < 1.29 is 13.2 Å². The van der Waals surface area contributed by atoms with Gasteiger partial charge in [0.25, 0.3) is 0 Å². The van der Waals surface area contributed by atoms with Crippen LogP contribution in [-0.2, 0) is 21.2 Å². The number of hydrogen-bond donors (Lipinski definition) is 3. The molecule has 6 nitrogen and oxygen atoms in total. The topological polar surface area (TPSA) is 91.1 Å². The molecule has 1 aliphatic rings. The van der Waals surface area contributed by atoms with Crippen molar-refractivity contribution in [3.8, 4) is 0 Å². The third-order valence-corrected chi connectivity index (χ3v) is 5.90. The molecule has 1 aromatic carbocycles. The molecule has 1 fully saturated rings. The van der Waals surface area contributed by atoms with E-state index in [2.05, 4.69) is 15.0 Å². The van der Waals surface area contributed by atoms with E-state index in [1.807, 2.05) is 37.4 Å². The van der Waals surface area contributed by atoms with Crippen molar-refractivity contribution in [1.82, 2.24) is 15.0 Å². The van der Waals surface area contributed by atoms with Crippen LogP contribution in [0, 0.1) is 0 Å². The van der Waals surface area contributed by atoms with E-state index in [0.717, 1.165) is 35.7 Å². The molecule has 1 heterocycles. The van der Waals surface area contributed by atoms with Gasteiger partial charge in [-0.1, -0.05) is 31.5 Å². The fraction of sp³-hybridized carbons (Fsp3) is 0.500. The Morgan fingerprint density at radius 2 is 2.08 bits per heavy atom. The largest absolute Gasteiger partial charge is 0.361 e. The highest BCUT2D eigenvalue weighted by Gasteiger charge is 2.30. The Bertz CT molecular complexity index is 840. The summed E-state index contributed by atoms with van der Waals surface area (Å²) in [5.74, 6) is -0.197. The van der Waals surface area contributed by atoms with E-state index in [-0.39, 0.29) is 17.7 Å². The molecule has 1 aliphatic carbocycles. The van der Waals surface area contributed by atoms with Crippen LogP contribution >= 0.6 is 0 Å². The number of carbonyl (C=O) groups is 1. The zero-order chi connectivity index (χ0) is 17.9. The lowest BCUT2D eigenvalue weighted by molar-refractivity contribution is -0.122. The summed E-state index contributed by atoms with van der Waals surface area (Å²) >= 11 is 0. The highest BCUT2D eigenvalue weighted by Crippen LogP contribution is 2.21. The maximum Gasteiger partial charge on any atom is 0.238 e. The van der Waals surface area contributed by atoms with Crippen LogP contribution in [-0.4, -0.2) is 37.1 Å². The number of hydrogen-bond acceptors (Lipinski definition) is 3. The fourth-order valence-electron chi connectivity index (χ4n) is 2.85. The van der Waals surface area contributed by atoms with Crippen molar-refractivity contribution in [1.29, 1.82) is 0 Å². The number of sulfonamides is 1. The first-order valence-electron chi connectivity index (χ1n) is 8.84. The molecular formula is C18H25N3O3S. The third-order valence-electron chi connectivity index (χ3n) is 4.43. The second kappa shape index (κ2) is 7.58. The molecule has 1 saturated carbocycles. The fourth-order valence-corrected chi connectivity index (χ4v) is 4.26. The number of benzene rings is 1. The summed E-state index contributed by atoms with van der Waals surface area (Å²) in [5, 5.41) is 3.93. The highest BCUT2D eigenvalue weighted by molar-refractivity contribution is 7.89. The third kappa shape index (κ3) is 4.83. The molecule has 0 spiro atoms. The van der Waals surface area contributed by atoms with Crippen LogP contribution in [0.5, 0.6) is 0 Å². The molecule has 1 aromatic heterocycles. The van der Waals surface area contributed by atoms with Gasteiger partial charge in [0, 0.05) is 23.1 Å². The van der Waals surface area contributed by atoms with Gasteiger partial charge in [0.05, 0.1) is 5.75 Å². The lowest BCUT2D eigenvalue weighted by Gasteiger charge is -2.18. The Morgan fingerprint density at radius 1 is 1.32 bits per heavy atom. The molecule has 136 valence electrons. The van der Waals surface area contributed by atoms with Crippen molar-refractivity contribution in [2.75, 3.05) is 5.75 Å². The van der Waals surface area contributed by atoms with Crippen LogP contribution in [0.3, 0.4) is 0 Å². The van der Waals surface area contributed by atoms with Crippen LogP contribution in [0.1, 0.15) is 38.2 Å². The maximum absolute atomic E-state index is 12.6. The second-order valence-electron chi connectivity index (χ2n) is 6.69. The normalized spacial score (nSPS) is 16.0. The van der Waals surface area contributed by atoms with Crippen LogP contribution in [0.15, 0.2) is 30.5 Å². The van der Waals surface area contributed by atoms with Crippen molar-refractivity contribution in [2.45, 2.75) is 51.1 Å². The van der Waals surface area contributed by atoms with Gasteiger partial charge in [-0.3, -0.25) is 4.79 Å². The highest BCUT2D eigenvalue weighted by atomic mass is 32.2. The van der Waals surface area contributed by atoms with Gasteiger partial charge in [-0.2, -0.15) is 0 Å². The number of rotatable bonds is 9. The first-order valence-corrected chi connectivity index (χ1v) is 10.5. The molecule has 1 amide bonds. The molecule has 0 unspecified atom stereocenters. The average Bonchev–Trinajstić information content (AvgIpc) is 3.31. The number of para-hydroxylation sites is 1. The summed E-state index contributed by atoms with van der Waals surface area (Å²) in [6.45, 7) is 1.94. The SMILES string of the molecule is CCCCS(=O)(=O)N[C@@H](Cc1c[nH]c2ccccc12)C(=O)NC1CC1. The van der Waals surface area contributed by atoms with Gasteiger partial charge in [0.2, 0.25) is 15.9 Å². The predicted molar refractivity (Wildman–Crippen MR) is 98.8 cm³/mol. The van der Waals surface area contributed by atoms with Crippen LogP contribution in [0.4, 0.5) is 0 Å². The number of aromatic amines is 1. The number of nitrogens with one attached hydrogen (secondary N) is 3. The molecule has 0 bridgehead atoms. The number of aromatic nitrogens is 1. The van der Waals surface area contributed by atoms with E-state index in [4.69, 9.17) is 0 Å². The zero-order valence-corrected chi connectivity index (χ0v) is 15.2. The summed E-state index contributed by atoms with van der Waals surface area (Å²) in [6, 6.07) is 7.21. The Labute approximate surface area is 148 Å². The smallest absolute Gasteiger partial charge is 0.238 e. The molecule has 7 heteroatoms. The molecule has 1 atom stereocenters. The Balaban J connectivity index is 1.79. The Kier molecular flexibility index (Phi) is 5.44. The zero-order valence-electron chi connectivity index (χ0n) is 14.4. The quantitative estimate of drug-likeness (QED) is 0.637. The standard InChI is InChI=1S/C18H25N3O3S/c1-2-3-10-25(23,24)21-17(18(22)20-14-8-9-14)11-13-12-19-16-7-5-4-6-15(13)16/h4-7,12,14,17,19,21H,2-3,8-11H2,1H3,(H,20,22)/t17-/m0/s1. The second-order valence-corrected chi connectivity index (χ2v) is 8.56. The van der Waals surface area contributed by atoms with E-state index in [9.17, 15) is 13.2 Å².